The van der Waals surface area contributed by atoms with Gasteiger partial charge in [0.1, 0.15) is 17.5 Å². The summed E-state index contributed by atoms with van der Waals surface area (Å²) in [7, 11) is 0. The average molecular weight is 345 g/mol. The molecule has 1 saturated heterocycles. The van der Waals surface area contributed by atoms with Gasteiger partial charge in [-0.2, -0.15) is 0 Å². The van der Waals surface area contributed by atoms with Crippen LogP contribution in [0.25, 0.3) is 22.4 Å². The van der Waals surface area contributed by atoms with Crippen molar-refractivity contribution in [3.63, 3.8) is 0 Å². The van der Waals surface area contributed by atoms with E-state index in [1.807, 2.05) is 18.2 Å². The predicted octanol–water partition coefficient (Wildman–Crippen LogP) is 3.50. The number of anilines is 1. The largest absolute Gasteiger partial charge is 0.369 e. The maximum Gasteiger partial charge on any atom is 0.144 e. The Balaban J connectivity index is 1.47. The van der Waals surface area contributed by atoms with E-state index in [1.165, 1.54) is 31.5 Å². The molecular formula is C21H23N5. The van der Waals surface area contributed by atoms with Gasteiger partial charge >= 0.3 is 0 Å². The summed E-state index contributed by atoms with van der Waals surface area (Å²) in [5.74, 6) is 2.84. The number of hydrogen-bond donors (Lipinski definition) is 1. The van der Waals surface area contributed by atoms with E-state index in [4.69, 9.17) is 9.97 Å². The van der Waals surface area contributed by atoms with Gasteiger partial charge in [-0.3, -0.25) is 4.57 Å². The maximum atomic E-state index is 4.93. The van der Waals surface area contributed by atoms with Gasteiger partial charge in [0.2, 0.25) is 0 Å². The Kier molecular flexibility index (Phi) is 3.75. The van der Waals surface area contributed by atoms with Crippen LogP contribution >= 0.6 is 0 Å². The van der Waals surface area contributed by atoms with Crippen molar-refractivity contribution in [1.82, 2.24) is 19.4 Å². The van der Waals surface area contributed by atoms with Gasteiger partial charge in [0, 0.05) is 25.1 Å². The Morgan fingerprint density at radius 2 is 1.88 bits per heavy atom. The summed E-state index contributed by atoms with van der Waals surface area (Å²) in [5.41, 5.74) is 4.33. The molecule has 1 fully saturated rings. The Labute approximate surface area is 153 Å². The van der Waals surface area contributed by atoms with E-state index in [0.29, 0.717) is 0 Å². The number of allylic oxidation sites excluding steroid dienone is 1. The van der Waals surface area contributed by atoms with E-state index in [0.717, 1.165) is 53.6 Å². The van der Waals surface area contributed by atoms with E-state index in [2.05, 4.69) is 39.6 Å². The molecule has 132 valence electrons. The standard InChI is InChI=1S/C21H23N5/c1-15-14-16-8-9-19(22-10-13-25-11-4-5-12-25)24-21(16)26-18-7-3-2-6-17(18)23-20(15)26/h2-3,6-9H,1,4-5,10-14H2,(H,22,24). The molecule has 3 aromatic rings. The van der Waals surface area contributed by atoms with Crippen LogP contribution in [0.3, 0.4) is 0 Å². The fourth-order valence-electron chi connectivity index (χ4n) is 4.04. The second kappa shape index (κ2) is 6.25. The quantitative estimate of drug-likeness (QED) is 0.786. The highest BCUT2D eigenvalue weighted by atomic mass is 15.2. The topological polar surface area (TPSA) is 46.0 Å². The second-order valence-corrected chi connectivity index (χ2v) is 7.19. The first-order chi connectivity index (χ1) is 12.8. The Morgan fingerprint density at radius 1 is 1.04 bits per heavy atom. The lowest BCUT2D eigenvalue weighted by Gasteiger charge is -2.21. The first-order valence-electron chi connectivity index (χ1n) is 9.42. The normalized spacial score (nSPS) is 16.7. The van der Waals surface area contributed by atoms with Crippen LogP contribution in [-0.2, 0) is 6.42 Å². The third-order valence-corrected chi connectivity index (χ3v) is 5.38. The molecule has 26 heavy (non-hydrogen) atoms. The minimum absolute atomic E-state index is 0.805. The minimum atomic E-state index is 0.805. The Hall–Kier alpha value is -2.66. The molecule has 5 heteroatoms. The monoisotopic (exact) mass is 345 g/mol. The van der Waals surface area contributed by atoms with E-state index < -0.39 is 0 Å². The average Bonchev–Trinajstić information content (AvgIpc) is 3.30. The van der Waals surface area contributed by atoms with Crippen LogP contribution in [0.4, 0.5) is 5.82 Å². The summed E-state index contributed by atoms with van der Waals surface area (Å²) in [6.07, 6.45) is 3.47. The summed E-state index contributed by atoms with van der Waals surface area (Å²) in [6, 6.07) is 12.5. The molecule has 0 unspecified atom stereocenters. The molecule has 0 radical (unpaired) electrons. The van der Waals surface area contributed by atoms with Gasteiger partial charge in [-0.25, -0.2) is 9.97 Å². The second-order valence-electron chi connectivity index (χ2n) is 7.19. The van der Waals surface area contributed by atoms with Gasteiger partial charge in [-0.15, -0.1) is 0 Å². The number of likely N-dealkylation sites (tertiary alicyclic amines) is 1. The third kappa shape index (κ3) is 2.59. The number of fused-ring (bicyclic) bond motifs is 5. The zero-order valence-corrected chi connectivity index (χ0v) is 14.9. The van der Waals surface area contributed by atoms with Gasteiger partial charge < -0.3 is 10.2 Å². The number of imidazole rings is 1. The Bertz CT molecular complexity index is 981. The van der Waals surface area contributed by atoms with Crippen LogP contribution in [0.5, 0.6) is 0 Å². The van der Waals surface area contributed by atoms with E-state index >= 15 is 0 Å². The van der Waals surface area contributed by atoms with Crippen LogP contribution in [0.15, 0.2) is 43.0 Å². The lowest BCUT2D eigenvalue weighted by atomic mass is 10.0. The smallest absolute Gasteiger partial charge is 0.144 e. The van der Waals surface area contributed by atoms with Crippen molar-refractivity contribution in [2.45, 2.75) is 19.3 Å². The van der Waals surface area contributed by atoms with Gasteiger partial charge in [0.25, 0.3) is 0 Å². The van der Waals surface area contributed by atoms with Gasteiger partial charge in [0.05, 0.1) is 11.0 Å². The summed E-state index contributed by atoms with van der Waals surface area (Å²) in [5, 5.41) is 3.49. The van der Waals surface area contributed by atoms with Gasteiger partial charge in [-0.1, -0.05) is 24.8 Å². The molecule has 2 aromatic heterocycles. The van der Waals surface area contributed by atoms with Crippen molar-refractivity contribution in [2.24, 2.45) is 0 Å². The van der Waals surface area contributed by atoms with Crippen LogP contribution in [-0.4, -0.2) is 45.6 Å². The van der Waals surface area contributed by atoms with Crippen molar-refractivity contribution in [1.29, 1.82) is 0 Å². The molecule has 0 amide bonds. The predicted molar refractivity (Wildman–Crippen MR) is 106 cm³/mol. The number of para-hydroxylation sites is 2. The number of nitrogens with one attached hydrogen (secondary N) is 1. The number of rotatable bonds is 4. The fourth-order valence-corrected chi connectivity index (χ4v) is 4.04. The zero-order chi connectivity index (χ0) is 17.5. The number of benzene rings is 1. The van der Waals surface area contributed by atoms with Crippen LogP contribution in [0.1, 0.15) is 24.2 Å². The zero-order valence-electron chi connectivity index (χ0n) is 14.9. The molecule has 0 aliphatic carbocycles. The SMILES string of the molecule is C=C1Cc2ccc(NCCN3CCCC3)nc2-n2c1nc1ccccc12. The first-order valence-corrected chi connectivity index (χ1v) is 9.42. The fraction of sp³-hybridized carbons (Fsp3) is 0.333. The highest BCUT2D eigenvalue weighted by Gasteiger charge is 2.24. The van der Waals surface area contributed by atoms with Crippen molar-refractivity contribution < 1.29 is 0 Å². The van der Waals surface area contributed by atoms with Crippen LogP contribution in [0.2, 0.25) is 0 Å². The maximum absolute atomic E-state index is 4.93. The Morgan fingerprint density at radius 3 is 2.77 bits per heavy atom. The third-order valence-electron chi connectivity index (χ3n) is 5.38. The molecule has 1 aromatic carbocycles. The van der Waals surface area contributed by atoms with Crippen molar-refractivity contribution in [3.05, 3.63) is 54.4 Å². The molecule has 1 N–H and O–H groups in total. The molecule has 2 aliphatic heterocycles. The number of pyridine rings is 1. The summed E-state index contributed by atoms with van der Waals surface area (Å²) in [4.78, 5) is 12.2. The van der Waals surface area contributed by atoms with Gasteiger partial charge in [0.15, 0.2) is 0 Å². The highest BCUT2D eigenvalue weighted by molar-refractivity contribution is 5.84. The molecule has 4 heterocycles. The lowest BCUT2D eigenvalue weighted by molar-refractivity contribution is 0.352. The van der Waals surface area contributed by atoms with Crippen LogP contribution in [0, 0.1) is 0 Å². The molecule has 0 atom stereocenters. The van der Waals surface area contributed by atoms with E-state index in [9.17, 15) is 0 Å². The molecule has 0 spiro atoms. The van der Waals surface area contributed by atoms with Gasteiger partial charge in [-0.05, 0) is 49.7 Å². The number of nitrogens with zero attached hydrogens (tertiary/aromatic N) is 4. The van der Waals surface area contributed by atoms with E-state index in [-0.39, 0.29) is 0 Å². The molecule has 5 nitrogen and oxygen atoms in total. The summed E-state index contributed by atoms with van der Waals surface area (Å²) < 4.78 is 2.15. The first kappa shape index (κ1) is 15.6. The van der Waals surface area contributed by atoms with Crippen LogP contribution < -0.4 is 5.32 Å². The van der Waals surface area contributed by atoms with Crippen molar-refractivity contribution in [2.75, 3.05) is 31.5 Å². The van der Waals surface area contributed by atoms with Crippen molar-refractivity contribution >= 4 is 22.4 Å². The molecule has 5 rings (SSSR count). The summed E-state index contributed by atoms with van der Waals surface area (Å²) >= 11 is 0. The summed E-state index contributed by atoms with van der Waals surface area (Å²) in [6.45, 7) is 8.69. The molecular weight excluding hydrogens is 322 g/mol. The number of aromatic nitrogens is 3. The van der Waals surface area contributed by atoms with E-state index in [1.54, 1.807) is 0 Å². The molecule has 2 aliphatic rings. The highest BCUT2D eigenvalue weighted by Crippen LogP contribution is 2.33. The van der Waals surface area contributed by atoms with Crippen molar-refractivity contribution in [3.8, 4) is 5.82 Å². The number of hydrogen-bond acceptors (Lipinski definition) is 4. The lowest BCUT2D eigenvalue weighted by Crippen LogP contribution is -2.26. The molecule has 0 saturated carbocycles. The molecule has 0 bridgehead atoms. The minimum Gasteiger partial charge on any atom is -0.369 e.